The van der Waals surface area contributed by atoms with E-state index in [4.69, 9.17) is 0 Å². The van der Waals surface area contributed by atoms with Gasteiger partial charge in [0.25, 0.3) is 0 Å². The molecule has 0 saturated carbocycles. The maximum Gasteiger partial charge on any atom is 0.216 e. The number of hydrogen-bond acceptors (Lipinski definition) is 3. The van der Waals surface area contributed by atoms with Crippen molar-refractivity contribution < 1.29 is 8.42 Å². The quantitative estimate of drug-likeness (QED) is 0.866. The minimum atomic E-state index is -3.24. The van der Waals surface area contributed by atoms with Crippen LogP contribution in [0.2, 0.25) is 0 Å². The second kappa shape index (κ2) is 5.38. The van der Waals surface area contributed by atoms with Crippen LogP contribution in [0.25, 0.3) is 0 Å². The fourth-order valence-electron chi connectivity index (χ4n) is 2.37. The number of hydrogen-bond donors (Lipinski definition) is 2. The van der Waals surface area contributed by atoms with Gasteiger partial charge in [-0.1, -0.05) is 24.3 Å². The molecular formula is C13H20N2O2S. The Morgan fingerprint density at radius 2 is 2.11 bits per heavy atom. The molecule has 5 heteroatoms. The molecule has 1 fully saturated rings. The van der Waals surface area contributed by atoms with Gasteiger partial charge in [0.1, 0.15) is 0 Å². The first-order valence-corrected chi connectivity index (χ1v) is 7.83. The molecule has 0 amide bonds. The normalized spacial score (nSPS) is 22.0. The molecule has 0 bridgehead atoms. The van der Waals surface area contributed by atoms with E-state index >= 15 is 0 Å². The lowest BCUT2D eigenvalue weighted by Crippen LogP contribution is -2.37. The number of sulfonamides is 1. The molecule has 1 aromatic rings. The van der Waals surface area contributed by atoms with Gasteiger partial charge < -0.3 is 5.32 Å². The van der Waals surface area contributed by atoms with Crippen LogP contribution in [-0.4, -0.2) is 26.8 Å². The molecule has 100 valence electrons. The summed E-state index contributed by atoms with van der Waals surface area (Å²) in [5, 5.41) is 2.78. The number of rotatable bonds is 4. The molecule has 1 aromatic carbocycles. The SMILES string of the molecule is Cc1ccccc1C(C)NS(=O)(=O)C1CCNC1. The van der Waals surface area contributed by atoms with Crippen LogP contribution in [0.3, 0.4) is 0 Å². The Labute approximate surface area is 109 Å². The van der Waals surface area contributed by atoms with Crippen molar-refractivity contribution in [1.29, 1.82) is 0 Å². The summed E-state index contributed by atoms with van der Waals surface area (Å²) in [6.07, 6.45) is 0.690. The van der Waals surface area contributed by atoms with Crippen molar-refractivity contribution in [3.8, 4) is 0 Å². The van der Waals surface area contributed by atoms with Crippen molar-refractivity contribution in [2.45, 2.75) is 31.6 Å². The Kier molecular flexibility index (Phi) is 4.04. The average molecular weight is 268 g/mol. The van der Waals surface area contributed by atoms with E-state index in [1.807, 2.05) is 38.1 Å². The lowest BCUT2D eigenvalue weighted by Gasteiger charge is -2.19. The smallest absolute Gasteiger partial charge is 0.216 e. The van der Waals surface area contributed by atoms with E-state index in [1.54, 1.807) is 0 Å². The number of benzene rings is 1. The highest BCUT2D eigenvalue weighted by atomic mass is 32.2. The van der Waals surface area contributed by atoms with Gasteiger partial charge in [0.15, 0.2) is 0 Å². The van der Waals surface area contributed by atoms with E-state index in [-0.39, 0.29) is 11.3 Å². The van der Waals surface area contributed by atoms with Gasteiger partial charge in [-0.25, -0.2) is 13.1 Å². The van der Waals surface area contributed by atoms with Crippen LogP contribution in [0.5, 0.6) is 0 Å². The Morgan fingerprint density at radius 1 is 1.39 bits per heavy atom. The highest BCUT2D eigenvalue weighted by Crippen LogP contribution is 2.19. The molecule has 2 rings (SSSR count). The van der Waals surface area contributed by atoms with Gasteiger partial charge in [-0.15, -0.1) is 0 Å². The molecular weight excluding hydrogens is 248 g/mol. The van der Waals surface area contributed by atoms with Gasteiger partial charge in [0.05, 0.1) is 5.25 Å². The summed E-state index contributed by atoms with van der Waals surface area (Å²) in [4.78, 5) is 0. The first-order chi connectivity index (χ1) is 8.50. The zero-order valence-electron chi connectivity index (χ0n) is 10.8. The fraction of sp³-hybridized carbons (Fsp3) is 0.538. The van der Waals surface area contributed by atoms with Crippen LogP contribution in [0, 0.1) is 6.92 Å². The second-order valence-electron chi connectivity index (χ2n) is 4.86. The molecule has 0 radical (unpaired) electrons. The van der Waals surface area contributed by atoms with Gasteiger partial charge in [-0.05, 0) is 37.9 Å². The van der Waals surface area contributed by atoms with E-state index in [2.05, 4.69) is 10.0 Å². The van der Waals surface area contributed by atoms with Crippen molar-refractivity contribution in [1.82, 2.24) is 10.0 Å². The lowest BCUT2D eigenvalue weighted by atomic mass is 10.0. The number of aryl methyl sites for hydroxylation is 1. The molecule has 0 spiro atoms. The molecule has 18 heavy (non-hydrogen) atoms. The van der Waals surface area contributed by atoms with Crippen molar-refractivity contribution in [3.63, 3.8) is 0 Å². The Morgan fingerprint density at radius 3 is 2.72 bits per heavy atom. The molecule has 1 saturated heterocycles. The van der Waals surface area contributed by atoms with E-state index in [0.717, 1.165) is 17.7 Å². The summed E-state index contributed by atoms with van der Waals surface area (Å²) in [5.74, 6) is 0. The van der Waals surface area contributed by atoms with Crippen LogP contribution in [0.1, 0.15) is 30.5 Å². The first-order valence-electron chi connectivity index (χ1n) is 6.28. The second-order valence-corrected chi connectivity index (χ2v) is 6.85. The van der Waals surface area contributed by atoms with Gasteiger partial charge in [0.2, 0.25) is 10.0 Å². The Hall–Kier alpha value is -0.910. The van der Waals surface area contributed by atoms with E-state index in [1.165, 1.54) is 0 Å². The lowest BCUT2D eigenvalue weighted by molar-refractivity contribution is 0.553. The van der Waals surface area contributed by atoms with Crippen molar-refractivity contribution in [3.05, 3.63) is 35.4 Å². The summed E-state index contributed by atoms with van der Waals surface area (Å²) in [5.41, 5.74) is 2.14. The Bertz CT molecular complexity index is 507. The van der Waals surface area contributed by atoms with Crippen molar-refractivity contribution in [2.24, 2.45) is 0 Å². The molecule has 1 aliphatic heterocycles. The summed E-state index contributed by atoms with van der Waals surface area (Å²) in [7, 11) is -3.24. The largest absolute Gasteiger partial charge is 0.315 e. The maximum atomic E-state index is 12.2. The van der Waals surface area contributed by atoms with E-state index in [0.29, 0.717) is 13.0 Å². The molecule has 0 aliphatic carbocycles. The third kappa shape index (κ3) is 2.91. The molecule has 2 atom stereocenters. The average Bonchev–Trinajstić information content (AvgIpc) is 2.82. The predicted molar refractivity (Wildman–Crippen MR) is 72.9 cm³/mol. The third-order valence-electron chi connectivity index (χ3n) is 3.45. The molecule has 2 N–H and O–H groups in total. The molecule has 2 unspecified atom stereocenters. The zero-order chi connectivity index (χ0) is 13.2. The van der Waals surface area contributed by atoms with Crippen LogP contribution in [0.4, 0.5) is 0 Å². The van der Waals surface area contributed by atoms with Gasteiger partial charge in [-0.2, -0.15) is 0 Å². The van der Waals surface area contributed by atoms with Gasteiger partial charge in [-0.3, -0.25) is 0 Å². The zero-order valence-corrected chi connectivity index (χ0v) is 11.6. The van der Waals surface area contributed by atoms with Crippen LogP contribution < -0.4 is 10.0 Å². The Balaban J connectivity index is 2.11. The minimum Gasteiger partial charge on any atom is -0.315 e. The number of nitrogens with one attached hydrogen (secondary N) is 2. The van der Waals surface area contributed by atoms with Crippen LogP contribution in [0.15, 0.2) is 24.3 Å². The molecule has 0 aromatic heterocycles. The maximum absolute atomic E-state index is 12.2. The monoisotopic (exact) mass is 268 g/mol. The summed E-state index contributed by atoms with van der Waals surface area (Å²) < 4.78 is 27.1. The van der Waals surface area contributed by atoms with E-state index in [9.17, 15) is 8.42 Å². The minimum absolute atomic E-state index is 0.184. The molecule has 1 heterocycles. The van der Waals surface area contributed by atoms with Crippen LogP contribution >= 0.6 is 0 Å². The molecule has 4 nitrogen and oxygen atoms in total. The van der Waals surface area contributed by atoms with Crippen molar-refractivity contribution >= 4 is 10.0 Å². The van der Waals surface area contributed by atoms with Crippen molar-refractivity contribution in [2.75, 3.05) is 13.1 Å². The summed E-state index contributed by atoms with van der Waals surface area (Å²) >= 11 is 0. The van der Waals surface area contributed by atoms with Crippen LogP contribution in [-0.2, 0) is 10.0 Å². The first kappa shape index (κ1) is 13.5. The van der Waals surface area contributed by atoms with Gasteiger partial charge in [0, 0.05) is 12.6 Å². The highest BCUT2D eigenvalue weighted by Gasteiger charge is 2.29. The standard InChI is InChI=1S/C13H20N2O2S/c1-10-5-3-4-6-13(10)11(2)15-18(16,17)12-7-8-14-9-12/h3-6,11-12,14-15H,7-9H2,1-2H3. The van der Waals surface area contributed by atoms with E-state index < -0.39 is 10.0 Å². The molecule has 1 aliphatic rings. The third-order valence-corrected chi connectivity index (χ3v) is 5.41. The summed E-state index contributed by atoms with van der Waals surface area (Å²) in [6.45, 7) is 5.22. The fourth-order valence-corrected chi connectivity index (χ4v) is 3.95. The highest BCUT2D eigenvalue weighted by molar-refractivity contribution is 7.90. The predicted octanol–water partition coefficient (Wildman–Crippen LogP) is 1.34. The summed E-state index contributed by atoms with van der Waals surface area (Å²) in [6, 6.07) is 7.68. The topological polar surface area (TPSA) is 58.2 Å². The van der Waals surface area contributed by atoms with Gasteiger partial charge >= 0.3 is 0 Å².